The Morgan fingerprint density at radius 2 is 1.44 bits per heavy atom. The molecule has 0 aromatic carbocycles. The predicted octanol–water partition coefficient (Wildman–Crippen LogP) is -1.70. The first-order chi connectivity index (χ1) is 3.91. The van der Waals surface area contributed by atoms with E-state index in [4.69, 9.17) is 4.80 Å². The minimum Gasteiger partial charge on any atom is -0.841 e. The Kier molecular flexibility index (Phi) is 8.60. The smallest absolute Gasteiger partial charge is 0.228 e. The van der Waals surface area contributed by atoms with E-state index in [0.717, 1.165) is 4.48 Å². The fraction of sp³-hybridized carbons (Fsp3) is 1.00. The van der Waals surface area contributed by atoms with Gasteiger partial charge in [0.25, 0.3) is 0 Å². The van der Waals surface area contributed by atoms with E-state index < -0.39 is 10.0 Å². The zero-order valence-electron chi connectivity index (χ0n) is 6.26. The van der Waals surface area contributed by atoms with E-state index in [1.165, 1.54) is 0 Å². The Balaban J connectivity index is 0. The SMILES string of the molecule is C[N+](C)(C)C.[O-][Si]O[Si]. The number of rotatable bonds is 1. The molecule has 0 saturated heterocycles. The summed E-state index contributed by atoms with van der Waals surface area (Å²) >= 11 is 0. The Morgan fingerprint density at radius 1 is 1.33 bits per heavy atom. The minimum absolute atomic E-state index is 0.696. The molecule has 0 aromatic heterocycles. The van der Waals surface area contributed by atoms with Crippen LogP contribution in [0.25, 0.3) is 0 Å². The van der Waals surface area contributed by atoms with E-state index in [1.54, 1.807) is 0 Å². The molecule has 0 rings (SSSR count). The van der Waals surface area contributed by atoms with Gasteiger partial charge in [-0.1, -0.05) is 0 Å². The van der Waals surface area contributed by atoms with Gasteiger partial charge >= 0.3 is 0 Å². The maximum Gasteiger partial charge on any atom is 0.228 e. The van der Waals surface area contributed by atoms with Crippen molar-refractivity contribution in [3.05, 3.63) is 0 Å². The highest BCUT2D eigenvalue weighted by molar-refractivity contribution is 6.24. The van der Waals surface area contributed by atoms with Crippen LogP contribution in [0.3, 0.4) is 0 Å². The molecule has 0 saturated carbocycles. The molecule has 0 aliphatic rings. The van der Waals surface area contributed by atoms with Gasteiger partial charge in [0.05, 0.1) is 38.2 Å². The number of hydrogen-bond donors (Lipinski definition) is 0. The van der Waals surface area contributed by atoms with Crippen molar-refractivity contribution in [2.75, 3.05) is 28.2 Å². The summed E-state index contributed by atoms with van der Waals surface area (Å²) in [5.74, 6) is 0. The first-order valence-corrected chi connectivity index (χ1v) is 3.63. The highest BCUT2D eigenvalue weighted by atomic mass is 28.3. The summed E-state index contributed by atoms with van der Waals surface area (Å²) in [6.45, 7) is 0. The molecular weight excluding hydrogens is 150 g/mol. The first-order valence-electron chi connectivity index (χ1n) is 2.40. The van der Waals surface area contributed by atoms with Crippen LogP contribution >= 0.6 is 0 Å². The molecule has 0 heterocycles. The van der Waals surface area contributed by atoms with Crippen LogP contribution in [0, 0.1) is 0 Å². The zero-order valence-corrected chi connectivity index (χ0v) is 8.26. The van der Waals surface area contributed by atoms with Crippen molar-refractivity contribution in [3.63, 3.8) is 0 Å². The Bertz CT molecular complexity index is 47.0. The fourth-order valence-corrected chi connectivity index (χ4v) is 0. The molecule has 0 spiro atoms. The molecule has 3 nitrogen and oxygen atoms in total. The molecule has 0 atom stereocenters. The molecule has 0 aliphatic heterocycles. The van der Waals surface area contributed by atoms with Gasteiger partial charge in [0.15, 0.2) is 0 Å². The molecule has 0 aliphatic carbocycles. The monoisotopic (exact) mass is 162 g/mol. The Labute approximate surface area is 62.8 Å². The lowest BCUT2D eigenvalue weighted by Crippen LogP contribution is -2.27. The van der Waals surface area contributed by atoms with Crippen LogP contribution in [-0.2, 0) is 4.12 Å². The van der Waals surface area contributed by atoms with Gasteiger partial charge in [-0.15, -0.1) is 0 Å². The summed E-state index contributed by atoms with van der Waals surface area (Å²) in [5, 5.41) is 0. The van der Waals surface area contributed by atoms with E-state index in [9.17, 15) is 0 Å². The van der Waals surface area contributed by atoms with Crippen molar-refractivity contribution in [1.29, 1.82) is 0 Å². The van der Waals surface area contributed by atoms with Crippen LogP contribution in [-0.4, -0.2) is 53.2 Å². The summed E-state index contributed by atoms with van der Waals surface area (Å²) in [5.41, 5.74) is 0. The zero-order chi connectivity index (χ0) is 7.91. The highest BCUT2D eigenvalue weighted by Crippen LogP contribution is 1.73. The van der Waals surface area contributed by atoms with Crippen molar-refractivity contribution >= 4 is 20.5 Å². The van der Waals surface area contributed by atoms with Crippen molar-refractivity contribution in [2.24, 2.45) is 0 Å². The highest BCUT2D eigenvalue weighted by Gasteiger charge is 1.88. The fourth-order valence-electron chi connectivity index (χ4n) is 0. The molecule has 53 valence electrons. The summed E-state index contributed by atoms with van der Waals surface area (Å²) < 4.78 is 4.82. The van der Waals surface area contributed by atoms with Crippen molar-refractivity contribution in [3.8, 4) is 0 Å². The number of quaternary nitrogens is 1. The molecule has 0 N–H and O–H groups in total. The summed E-state index contributed by atoms with van der Waals surface area (Å²) in [6, 6.07) is 0. The molecule has 5 radical (unpaired) electrons. The third-order valence-electron chi connectivity index (χ3n) is 0.0417. The van der Waals surface area contributed by atoms with Gasteiger partial charge in [-0.2, -0.15) is 0 Å². The lowest BCUT2D eigenvalue weighted by molar-refractivity contribution is -0.849. The summed E-state index contributed by atoms with van der Waals surface area (Å²) in [7, 11) is 10.3. The van der Waals surface area contributed by atoms with Crippen molar-refractivity contribution in [2.45, 2.75) is 0 Å². The molecule has 0 unspecified atom stereocenters. The lowest BCUT2D eigenvalue weighted by Gasteiger charge is -2.14. The van der Waals surface area contributed by atoms with Gasteiger partial charge in [0.2, 0.25) is 10.5 Å². The topological polar surface area (TPSA) is 32.3 Å². The first kappa shape index (κ1) is 12.0. The molecular formula is C4H12NO2Si2. The molecule has 0 fully saturated rings. The second kappa shape index (κ2) is 6.43. The molecule has 0 aromatic rings. The van der Waals surface area contributed by atoms with Crippen LogP contribution in [0.15, 0.2) is 0 Å². The molecule has 0 bridgehead atoms. The van der Waals surface area contributed by atoms with E-state index in [1.807, 2.05) is 0 Å². The van der Waals surface area contributed by atoms with Gasteiger partial charge in [0.1, 0.15) is 0 Å². The van der Waals surface area contributed by atoms with Crippen LogP contribution < -0.4 is 4.80 Å². The van der Waals surface area contributed by atoms with Crippen LogP contribution in [0.1, 0.15) is 0 Å². The van der Waals surface area contributed by atoms with Gasteiger partial charge in [-0.05, 0) is 0 Å². The molecule has 0 amide bonds. The van der Waals surface area contributed by atoms with Gasteiger partial charge in [-0.3, -0.25) is 0 Å². The Morgan fingerprint density at radius 3 is 1.44 bits per heavy atom. The Hall–Kier alpha value is 0.314. The van der Waals surface area contributed by atoms with E-state index in [0.29, 0.717) is 0 Å². The second-order valence-electron chi connectivity index (χ2n) is 2.87. The van der Waals surface area contributed by atoms with Crippen molar-refractivity contribution in [1.82, 2.24) is 0 Å². The van der Waals surface area contributed by atoms with Crippen molar-refractivity contribution < 1.29 is 13.4 Å². The van der Waals surface area contributed by atoms with E-state index in [-0.39, 0.29) is 0 Å². The number of hydrogen-bond acceptors (Lipinski definition) is 2. The summed E-state index contributed by atoms with van der Waals surface area (Å²) in [4.78, 5) is 9.06. The minimum atomic E-state index is -0.696. The van der Waals surface area contributed by atoms with Gasteiger partial charge in [-0.25, -0.2) is 0 Å². The summed E-state index contributed by atoms with van der Waals surface area (Å²) in [6.07, 6.45) is 0. The lowest BCUT2D eigenvalue weighted by atomic mass is 10.8. The standard InChI is InChI=1S/C4H12N.O2Si2/c1-5(2,3)4;1-4-2-3/h1-4H3;/q+1;-1. The third-order valence-corrected chi connectivity index (χ3v) is 0.375. The molecule has 9 heavy (non-hydrogen) atoms. The average molecular weight is 162 g/mol. The quantitative estimate of drug-likeness (QED) is 0.340. The average Bonchev–Trinajstić information content (AvgIpc) is 1.61. The predicted molar refractivity (Wildman–Crippen MR) is 36.5 cm³/mol. The maximum atomic E-state index is 9.06. The normalized spacial score (nSPS) is 10.0. The van der Waals surface area contributed by atoms with E-state index >= 15 is 0 Å². The third kappa shape index (κ3) is 192. The number of nitrogens with zero attached hydrogens (tertiary/aromatic N) is 1. The van der Waals surface area contributed by atoms with Crippen LogP contribution in [0.4, 0.5) is 0 Å². The van der Waals surface area contributed by atoms with Crippen LogP contribution in [0.5, 0.6) is 0 Å². The second-order valence-corrected chi connectivity index (χ2v) is 3.85. The van der Waals surface area contributed by atoms with Crippen LogP contribution in [0.2, 0.25) is 0 Å². The van der Waals surface area contributed by atoms with E-state index in [2.05, 4.69) is 42.8 Å². The van der Waals surface area contributed by atoms with Gasteiger partial charge < -0.3 is 13.4 Å². The molecule has 5 heteroatoms. The largest absolute Gasteiger partial charge is 0.841 e. The maximum absolute atomic E-state index is 9.06. The van der Waals surface area contributed by atoms with Gasteiger partial charge in [0, 0.05) is 0 Å².